The second kappa shape index (κ2) is 11.7. The van der Waals surface area contributed by atoms with E-state index >= 15 is 0 Å². The number of nitrogens with one attached hydrogen (secondary N) is 2. The summed E-state index contributed by atoms with van der Waals surface area (Å²) in [5.74, 6) is -0.482. The Morgan fingerprint density at radius 2 is 1.82 bits per heavy atom. The average Bonchev–Trinajstić information content (AvgIpc) is 3.24. The predicted octanol–water partition coefficient (Wildman–Crippen LogP) is 1.82. The standard InChI is InChI=1S/C28H37N5O5/c1-2-22-24-23(18-28(19-30-25(24)34)8-16-37-17-9-28)33(31-22)12-3-15-38-27(36)21-6-4-20(5-7-21)26(35)32-13-10-29-11-14-32/h4-7,29H,2-3,8-19H2,1H3,(H,30,34). The van der Waals surface area contributed by atoms with E-state index in [2.05, 4.69) is 10.6 Å². The van der Waals surface area contributed by atoms with E-state index in [1.54, 1.807) is 24.3 Å². The second-order valence-electron chi connectivity index (χ2n) is 10.4. The molecule has 10 nitrogen and oxygen atoms in total. The summed E-state index contributed by atoms with van der Waals surface area (Å²) >= 11 is 0. The summed E-state index contributed by atoms with van der Waals surface area (Å²) < 4.78 is 13.1. The molecule has 0 saturated carbocycles. The summed E-state index contributed by atoms with van der Waals surface area (Å²) in [6, 6.07) is 6.65. The number of fused-ring (bicyclic) bond motifs is 1. The van der Waals surface area contributed by atoms with Crippen LogP contribution in [-0.4, -0.2) is 85.0 Å². The zero-order valence-corrected chi connectivity index (χ0v) is 22.1. The van der Waals surface area contributed by atoms with Crippen LogP contribution in [0.5, 0.6) is 0 Å². The van der Waals surface area contributed by atoms with Crippen molar-refractivity contribution in [3.63, 3.8) is 0 Å². The van der Waals surface area contributed by atoms with E-state index in [1.807, 2.05) is 16.5 Å². The molecular formula is C28H37N5O5. The predicted molar refractivity (Wildman–Crippen MR) is 140 cm³/mol. The van der Waals surface area contributed by atoms with Crippen molar-refractivity contribution in [1.82, 2.24) is 25.3 Å². The fourth-order valence-electron chi connectivity index (χ4n) is 5.62. The Kier molecular flexibility index (Phi) is 8.09. The van der Waals surface area contributed by atoms with Gasteiger partial charge in [-0.25, -0.2) is 4.79 Å². The Hall–Kier alpha value is -3.24. The summed E-state index contributed by atoms with van der Waals surface area (Å²) in [5.41, 5.74) is 3.49. The van der Waals surface area contributed by atoms with E-state index in [0.29, 0.717) is 68.9 Å². The van der Waals surface area contributed by atoms with Crippen LogP contribution in [0.15, 0.2) is 24.3 Å². The number of esters is 1. The third-order valence-corrected chi connectivity index (χ3v) is 7.93. The van der Waals surface area contributed by atoms with Gasteiger partial charge in [-0.2, -0.15) is 5.10 Å². The van der Waals surface area contributed by atoms with Crippen LogP contribution < -0.4 is 10.6 Å². The summed E-state index contributed by atoms with van der Waals surface area (Å²) in [6.07, 6.45) is 3.88. The van der Waals surface area contributed by atoms with Crippen LogP contribution in [0.1, 0.15) is 68.6 Å². The molecule has 2 amide bonds. The first kappa shape index (κ1) is 26.4. The first-order valence-electron chi connectivity index (χ1n) is 13.7. The number of carbonyl (C=O) groups is 3. The molecule has 0 aliphatic carbocycles. The molecule has 0 atom stereocenters. The fraction of sp³-hybridized carbons (Fsp3) is 0.571. The minimum absolute atomic E-state index is 0.00709. The average molecular weight is 524 g/mol. The minimum Gasteiger partial charge on any atom is -0.462 e. The Morgan fingerprint density at radius 1 is 1.11 bits per heavy atom. The molecule has 2 aromatic rings. The van der Waals surface area contributed by atoms with Gasteiger partial charge < -0.3 is 25.0 Å². The highest BCUT2D eigenvalue weighted by Crippen LogP contribution is 2.37. The molecule has 4 heterocycles. The number of hydrogen-bond acceptors (Lipinski definition) is 7. The lowest BCUT2D eigenvalue weighted by Gasteiger charge is -2.36. The largest absolute Gasteiger partial charge is 0.462 e. The van der Waals surface area contributed by atoms with Gasteiger partial charge >= 0.3 is 5.97 Å². The number of hydrogen-bond donors (Lipinski definition) is 2. The Balaban J connectivity index is 1.18. The second-order valence-corrected chi connectivity index (χ2v) is 10.4. The quantitative estimate of drug-likeness (QED) is 0.420. The van der Waals surface area contributed by atoms with E-state index in [9.17, 15) is 14.4 Å². The van der Waals surface area contributed by atoms with Crippen LogP contribution in [-0.2, 0) is 28.9 Å². The molecule has 1 aromatic carbocycles. The van der Waals surface area contributed by atoms with Gasteiger partial charge in [-0.05, 0) is 55.4 Å². The van der Waals surface area contributed by atoms with Gasteiger partial charge in [0.05, 0.1) is 29.1 Å². The van der Waals surface area contributed by atoms with Gasteiger partial charge in [-0.1, -0.05) is 6.92 Å². The Labute approximate surface area is 223 Å². The fourth-order valence-corrected chi connectivity index (χ4v) is 5.62. The number of amides is 2. The zero-order valence-electron chi connectivity index (χ0n) is 22.1. The maximum atomic E-state index is 13.0. The van der Waals surface area contributed by atoms with Crippen molar-refractivity contribution in [2.45, 2.75) is 45.6 Å². The van der Waals surface area contributed by atoms with Crippen molar-refractivity contribution < 1.29 is 23.9 Å². The number of rotatable bonds is 7. The van der Waals surface area contributed by atoms with Gasteiger partial charge in [-0.3, -0.25) is 14.3 Å². The lowest BCUT2D eigenvalue weighted by Crippen LogP contribution is -2.46. The smallest absolute Gasteiger partial charge is 0.338 e. The summed E-state index contributed by atoms with van der Waals surface area (Å²) in [5, 5.41) is 11.1. The highest BCUT2D eigenvalue weighted by atomic mass is 16.5. The summed E-state index contributed by atoms with van der Waals surface area (Å²) in [4.78, 5) is 40.0. The SMILES string of the molecule is CCc1nn(CCCOC(=O)c2ccc(C(=O)N3CCNCC3)cc2)c2c1C(=O)NCC1(CCOCC1)C2. The number of aryl methyl sites for hydroxylation is 2. The molecule has 204 valence electrons. The van der Waals surface area contributed by atoms with Crippen LogP contribution in [0.2, 0.25) is 0 Å². The van der Waals surface area contributed by atoms with Crippen LogP contribution >= 0.6 is 0 Å². The van der Waals surface area contributed by atoms with Crippen LogP contribution in [0.4, 0.5) is 0 Å². The van der Waals surface area contributed by atoms with Crippen LogP contribution in [0, 0.1) is 5.41 Å². The molecule has 2 N–H and O–H groups in total. The number of carbonyl (C=O) groups excluding carboxylic acids is 3. The van der Waals surface area contributed by atoms with Gasteiger partial charge in [0.15, 0.2) is 0 Å². The molecule has 10 heteroatoms. The highest BCUT2D eigenvalue weighted by Gasteiger charge is 2.39. The third kappa shape index (κ3) is 5.61. The topological polar surface area (TPSA) is 115 Å². The van der Waals surface area contributed by atoms with Crippen LogP contribution in [0.3, 0.4) is 0 Å². The number of piperazine rings is 1. The minimum atomic E-state index is -0.416. The first-order valence-corrected chi connectivity index (χ1v) is 13.7. The van der Waals surface area contributed by atoms with Crippen molar-refractivity contribution in [2.24, 2.45) is 5.41 Å². The van der Waals surface area contributed by atoms with Gasteiger partial charge in [0.2, 0.25) is 0 Å². The van der Waals surface area contributed by atoms with E-state index in [1.165, 1.54) is 0 Å². The molecule has 1 aromatic heterocycles. The molecule has 3 aliphatic rings. The van der Waals surface area contributed by atoms with Crippen molar-refractivity contribution >= 4 is 17.8 Å². The van der Waals surface area contributed by atoms with Crippen molar-refractivity contribution in [3.8, 4) is 0 Å². The molecule has 2 fully saturated rings. The Morgan fingerprint density at radius 3 is 2.53 bits per heavy atom. The molecule has 0 unspecified atom stereocenters. The molecule has 0 bridgehead atoms. The van der Waals surface area contributed by atoms with E-state index in [-0.39, 0.29) is 23.8 Å². The van der Waals surface area contributed by atoms with E-state index in [0.717, 1.165) is 43.7 Å². The van der Waals surface area contributed by atoms with Gasteiger partial charge in [-0.15, -0.1) is 0 Å². The molecule has 0 radical (unpaired) electrons. The number of nitrogens with zero attached hydrogens (tertiary/aromatic N) is 3. The highest BCUT2D eigenvalue weighted by molar-refractivity contribution is 5.97. The van der Waals surface area contributed by atoms with Crippen LogP contribution in [0.25, 0.3) is 0 Å². The number of ether oxygens (including phenoxy) is 2. The lowest BCUT2D eigenvalue weighted by molar-refractivity contribution is 0.0152. The van der Waals surface area contributed by atoms with Gasteiger partial charge in [0.25, 0.3) is 11.8 Å². The molecule has 2 saturated heterocycles. The molecule has 1 spiro atoms. The summed E-state index contributed by atoms with van der Waals surface area (Å²) in [6.45, 7) is 7.84. The van der Waals surface area contributed by atoms with E-state index in [4.69, 9.17) is 14.6 Å². The molecular weight excluding hydrogens is 486 g/mol. The van der Waals surface area contributed by atoms with Gasteiger partial charge in [0, 0.05) is 64.5 Å². The van der Waals surface area contributed by atoms with Gasteiger partial charge in [0.1, 0.15) is 0 Å². The lowest BCUT2D eigenvalue weighted by atomic mass is 9.76. The molecule has 3 aliphatic heterocycles. The monoisotopic (exact) mass is 523 g/mol. The third-order valence-electron chi connectivity index (χ3n) is 7.93. The van der Waals surface area contributed by atoms with Crippen molar-refractivity contribution in [1.29, 1.82) is 0 Å². The summed E-state index contributed by atoms with van der Waals surface area (Å²) in [7, 11) is 0. The first-order chi connectivity index (χ1) is 18.5. The zero-order chi connectivity index (χ0) is 26.5. The number of aromatic nitrogens is 2. The maximum Gasteiger partial charge on any atom is 0.338 e. The molecule has 38 heavy (non-hydrogen) atoms. The van der Waals surface area contributed by atoms with Crippen molar-refractivity contribution in [3.05, 3.63) is 52.3 Å². The van der Waals surface area contributed by atoms with E-state index < -0.39 is 5.97 Å². The maximum absolute atomic E-state index is 13.0. The molecule has 5 rings (SSSR count). The normalized spacial score (nSPS) is 19.0. The van der Waals surface area contributed by atoms with Crippen molar-refractivity contribution in [2.75, 3.05) is 52.5 Å². The Bertz CT molecular complexity index is 1160. The number of benzene rings is 1.